The van der Waals surface area contributed by atoms with Crippen LogP contribution in [0, 0.1) is 0 Å². The number of phosphoric ester groups is 1. The minimum atomic E-state index is -5.80. The fourth-order valence-electron chi connectivity index (χ4n) is 15.8. The van der Waals surface area contributed by atoms with Gasteiger partial charge in [0, 0.05) is 25.7 Å². The highest BCUT2D eigenvalue weighted by Crippen LogP contribution is 2.49. The first-order chi connectivity index (χ1) is 56.2. The Kier molecular flexibility index (Phi) is 64.8. The Morgan fingerprint density at radius 1 is 0.310 bits per heavy atom. The van der Waals surface area contributed by atoms with Gasteiger partial charge in [-0.15, -0.1) is 0 Å². The highest BCUT2D eigenvalue weighted by Gasteiger charge is 2.60. The van der Waals surface area contributed by atoms with Crippen molar-refractivity contribution in [3.8, 4) is 0 Å². The molecule has 3 fully saturated rings. The average molecular weight is 1680 g/mol. The van der Waals surface area contributed by atoms with Crippen LogP contribution >= 0.6 is 7.82 Å². The van der Waals surface area contributed by atoms with Crippen LogP contribution < -0.4 is 0 Å². The van der Waals surface area contributed by atoms with Gasteiger partial charge < -0.3 is 88.7 Å². The summed E-state index contributed by atoms with van der Waals surface area (Å²) in [5.74, 6) is -2.94. The van der Waals surface area contributed by atoms with E-state index in [4.69, 9.17) is 46.9 Å². The zero-order chi connectivity index (χ0) is 84.7. The molecule has 2 aliphatic heterocycles. The third-order valence-electron chi connectivity index (χ3n) is 23.4. The smallest absolute Gasteiger partial charge is 0.463 e. The molecule has 2 saturated heterocycles. The van der Waals surface area contributed by atoms with E-state index in [9.17, 15) is 74.6 Å². The molecular weight excluding hydrogens is 1510 g/mol. The summed E-state index contributed by atoms with van der Waals surface area (Å²) in [6.07, 6.45) is 26.6. The molecule has 26 heteroatoms. The Morgan fingerprint density at radius 2 is 0.595 bits per heavy atom. The van der Waals surface area contributed by atoms with E-state index in [1.54, 1.807) is 0 Å². The first-order valence-electron chi connectivity index (χ1n) is 47.3. The number of phosphoric acid groups is 1. The van der Waals surface area contributed by atoms with Crippen LogP contribution in [-0.4, -0.2) is 205 Å². The predicted molar refractivity (Wildman–Crippen MR) is 449 cm³/mol. The molecule has 3 rings (SSSR count). The maximum atomic E-state index is 14.9. The standard InChI is InChI=1S/C90H169O25P/c1-5-9-13-17-21-25-29-33-35-37-41-44-48-52-56-60-64-75(94)109-70(67-106-73(92)62-58-54-50-46-42-38-31-27-23-19-15-11-7-3)68-108-116(104,105)115-88-86(113-89-83(102)79(98)77(96)71(66-91)110-89)82(101)81(100)85(112-76(95)65-61-57-53-49-45-40-36-34-30-26-22-18-14-10-6-2)87(88)114-90-84(103)80(99)78(97)72(111-90)69-107-74(93)63-59-55-51-47-43-39-32-28-24-20-16-12-8-4/h70-72,77-91,96-103H,5-69H2,1-4H3,(H,104,105). The van der Waals surface area contributed by atoms with Crippen LogP contribution in [0.2, 0.25) is 0 Å². The molecule has 0 aromatic rings. The molecule has 0 spiro atoms. The Morgan fingerprint density at radius 3 is 0.940 bits per heavy atom. The minimum absolute atomic E-state index is 0.0199. The molecule has 0 bridgehead atoms. The fraction of sp³-hybridized carbons (Fsp3) is 0.956. The summed E-state index contributed by atoms with van der Waals surface area (Å²) in [5, 5.41) is 102. The van der Waals surface area contributed by atoms with E-state index in [-0.39, 0.29) is 25.7 Å². The second-order valence-electron chi connectivity index (χ2n) is 33.9. The number of esters is 4. The summed E-state index contributed by atoms with van der Waals surface area (Å²) in [6, 6.07) is 0. The number of rotatable bonds is 77. The lowest BCUT2D eigenvalue weighted by atomic mass is 9.84. The van der Waals surface area contributed by atoms with Gasteiger partial charge in [-0.2, -0.15) is 0 Å². The zero-order valence-corrected chi connectivity index (χ0v) is 73.7. The van der Waals surface area contributed by atoms with Gasteiger partial charge in [-0.05, 0) is 25.7 Å². The quantitative estimate of drug-likeness (QED) is 0.0117. The van der Waals surface area contributed by atoms with Crippen molar-refractivity contribution < 1.29 is 122 Å². The first-order valence-corrected chi connectivity index (χ1v) is 48.8. The van der Waals surface area contributed by atoms with Gasteiger partial charge in [-0.25, -0.2) is 4.57 Å². The largest absolute Gasteiger partial charge is 0.472 e. The van der Waals surface area contributed by atoms with Crippen LogP contribution in [-0.2, 0) is 70.7 Å². The molecule has 0 aromatic carbocycles. The molecule has 0 amide bonds. The molecule has 684 valence electrons. The first kappa shape index (κ1) is 108. The zero-order valence-electron chi connectivity index (χ0n) is 72.8. The molecule has 10 N–H and O–H groups in total. The van der Waals surface area contributed by atoms with E-state index in [1.165, 1.54) is 205 Å². The lowest BCUT2D eigenvalue weighted by Gasteiger charge is -2.50. The Labute approximate surface area is 699 Å². The van der Waals surface area contributed by atoms with Gasteiger partial charge in [0.05, 0.1) is 13.2 Å². The maximum absolute atomic E-state index is 14.9. The summed E-state index contributed by atoms with van der Waals surface area (Å²) in [5.41, 5.74) is 0. The van der Waals surface area contributed by atoms with Crippen LogP contribution in [0.15, 0.2) is 0 Å². The van der Waals surface area contributed by atoms with Gasteiger partial charge in [0.15, 0.2) is 24.8 Å². The van der Waals surface area contributed by atoms with Gasteiger partial charge in [0.25, 0.3) is 0 Å². The van der Waals surface area contributed by atoms with Crippen molar-refractivity contribution in [1.82, 2.24) is 0 Å². The van der Waals surface area contributed by atoms with E-state index < -0.39 is 162 Å². The van der Waals surface area contributed by atoms with Crippen molar-refractivity contribution in [3.05, 3.63) is 0 Å². The molecule has 18 unspecified atom stereocenters. The van der Waals surface area contributed by atoms with Gasteiger partial charge in [-0.3, -0.25) is 28.2 Å². The third-order valence-corrected chi connectivity index (χ3v) is 24.3. The van der Waals surface area contributed by atoms with Crippen LogP contribution in [0.4, 0.5) is 0 Å². The number of ether oxygens (including phenoxy) is 8. The highest BCUT2D eigenvalue weighted by molar-refractivity contribution is 7.47. The van der Waals surface area contributed by atoms with Crippen molar-refractivity contribution in [2.24, 2.45) is 0 Å². The van der Waals surface area contributed by atoms with Crippen molar-refractivity contribution in [1.29, 1.82) is 0 Å². The molecule has 2 heterocycles. The molecule has 25 nitrogen and oxygen atoms in total. The molecule has 18 atom stereocenters. The van der Waals surface area contributed by atoms with Crippen molar-refractivity contribution in [2.75, 3.05) is 26.4 Å². The van der Waals surface area contributed by atoms with Gasteiger partial charge >= 0.3 is 31.7 Å². The van der Waals surface area contributed by atoms with E-state index >= 15 is 0 Å². The van der Waals surface area contributed by atoms with Crippen LogP contribution in [0.3, 0.4) is 0 Å². The van der Waals surface area contributed by atoms with E-state index in [1.807, 2.05) is 0 Å². The maximum Gasteiger partial charge on any atom is 0.472 e. The summed E-state index contributed by atoms with van der Waals surface area (Å²) >= 11 is 0. The van der Waals surface area contributed by atoms with Crippen LogP contribution in [0.1, 0.15) is 419 Å². The Hall–Kier alpha value is -2.53. The number of carbonyl (C=O) groups excluding carboxylic acids is 4. The van der Waals surface area contributed by atoms with Crippen molar-refractivity contribution >= 4 is 31.7 Å². The van der Waals surface area contributed by atoms with Gasteiger partial charge in [-0.1, -0.05) is 368 Å². The van der Waals surface area contributed by atoms with E-state index in [0.717, 1.165) is 128 Å². The molecule has 1 saturated carbocycles. The number of unbranched alkanes of at least 4 members (excludes halogenated alkanes) is 53. The second-order valence-corrected chi connectivity index (χ2v) is 35.3. The lowest BCUT2D eigenvalue weighted by molar-refractivity contribution is -0.360. The highest BCUT2D eigenvalue weighted by atomic mass is 31.2. The third kappa shape index (κ3) is 49.7. The van der Waals surface area contributed by atoms with Gasteiger partial charge in [0.2, 0.25) is 0 Å². The minimum Gasteiger partial charge on any atom is -0.463 e. The number of aliphatic hydroxyl groups excluding tert-OH is 9. The van der Waals surface area contributed by atoms with Crippen molar-refractivity contribution in [3.63, 3.8) is 0 Å². The SMILES string of the molecule is CCCCCCCCCCCCCCCCCCC(=O)OC(COC(=O)CCCCCCCCCCCCCCC)COP(=O)(O)OC1C(OC2OC(CO)C(O)C(O)C2O)C(O)C(O)C(OC(=O)CCCCCCCCCCCCCCCCC)C1OC1OC(COC(=O)CCCCCCCCCCCCCCC)C(O)C(O)C1O. The number of hydrogen-bond donors (Lipinski definition) is 10. The monoisotopic (exact) mass is 1680 g/mol. The number of carbonyl (C=O) groups is 4. The average Bonchev–Trinajstić information content (AvgIpc) is 0.754. The molecular formula is C90H169O25P. The fourth-order valence-corrected chi connectivity index (χ4v) is 16.8. The van der Waals surface area contributed by atoms with Crippen LogP contribution in [0.5, 0.6) is 0 Å². The van der Waals surface area contributed by atoms with Crippen molar-refractivity contribution in [2.45, 2.75) is 524 Å². The second kappa shape index (κ2) is 69.8. The molecule has 0 radical (unpaired) electrons. The molecule has 116 heavy (non-hydrogen) atoms. The molecule has 0 aromatic heterocycles. The normalized spacial score (nSPS) is 25.1. The van der Waals surface area contributed by atoms with Crippen LogP contribution in [0.25, 0.3) is 0 Å². The molecule has 3 aliphatic rings. The van der Waals surface area contributed by atoms with E-state index in [0.29, 0.717) is 32.1 Å². The number of hydrogen-bond acceptors (Lipinski definition) is 24. The summed E-state index contributed by atoms with van der Waals surface area (Å²) in [7, 11) is -5.80. The lowest BCUT2D eigenvalue weighted by Crippen LogP contribution is -2.70. The Balaban J connectivity index is 1.91. The summed E-state index contributed by atoms with van der Waals surface area (Å²) < 4.78 is 73.4. The topological polar surface area (TPSA) is 380 Å². The Bertz CT molecular complexity index is 2410. The summed E-state index contributed by atoms with van der Waals surface area (Å²) in [6.45, 7) is 5.63. The molecule has 1 aliphatic carbocycles. The summed E-state index contributed by atoms with van der Waals surface area (Å²) in [4.78, 5) is 66.4. The van der Waals surface area contributed by atoms with Gasteiger partial charge in [0.1, 0.15) is 92.6 Å². The number of aliphatic hydroxyl groups is 9. The predicted octanol–water partition coefficient (Wildman–Crippen LogP) is 17.4. The van der Waals surface area contributed by atoms with E-state index in [2.05, 4.69) is 27.7 Å².